The van der Waals surface area contributed by atoms with Gasteiger partial charge in [-0.3, -0.25) is 9.59 Å². The number of aliphatic hydroxyl groups excluding tert-OH is 1. The second-order valence-electron chi connectivity index (χ2n) is 12.7. The molecule has 0 aromatic heterocycles. The summed E-state index contributed by atoms with van der Waals surface area (Å²) in [5.41, 5.74) is -0.339. The molecule has 1 aromatic rings. The van der Waals surface area contributed by atoms with Crippen molar-refractivity contribution in [2.75, 3.05) is 13.6 Å². The van der Waals surface area contributed by atoms with Crippen molar-refractivity contribution in [1.29, 1.82) is 0 Å². The Labute approximate surface area is 234 Å². The molecule has 0 saturated carbocycles. The summed E-state index contributed by atoms with van der Waals surface area (Å²) in [4.78, 5) is 40.6. The highest BCUT2D eigenvalue weighted by Gasteiger charge is 2.71. The second-order valence-corrected chi connectivity index (χ2v) is 12.7. The van der Waals surface area contributed by atoms with E-state index in [1.54, 1.807) is 40.7 Å². The van der Waals surface area contributed by atoms with Gasteiger partial charge in [-0.25, -0.2) is 4.79 Å². The SMILES string of the molecule is CC(C)C(=O)O[C@@H](CC(=O)OC1=CC[C@@]2(O)[C@H]3Cc4ccc(CO)c5c4[C@@]2(CCN3C)[C@H]1O5)C(=O)OC(C)(C)C. The highest BCUT2D eigenvalue weighted by molar-refractivity contribution is 5.85. The number of esters is 3. The van der Waals surface area contributed by atoms with Crippen molar-refractivity contribution in [2.24, 2.45) is 5.92 Å². The smallest absolute Gasteiger partial charge is 0.348 e. The third kappa shape index (κ3) is 4.40. The van der Waals surface area contributed by atoms with Crippen molar-refractivity contribution in [1.82, 2.24) is 4.90 Å². The molecule has 10 nitrogen and oxygen atoms in total. The molecule has 4 aliphatic rings. The molecule has 1 saturated heterocycles. The zero-order chi connectivity index (χ0) is 29.2. The molecule has 2 bridgehead atoms. The number of likely N-dealkylation sites (tertiary alicyclic amines) is 1. The molecule has 10 heteroatoms. The Bertz CT molecular complexity index is 1260. The number of ether oxygens (including phenoxy) is 4. The van der Waals surface area contributed by atoms with Crippen molar-refractivity contribution in [3.05, 3.63) is 40.7 Å². The van der Waals surface area contributed by atoms with E-state index in [2.05, 4.69) is 4.90 Å². The van der Waals surface area contributed by atoms with Gasteiger partial charge in [-0.1, -0.05) is 26.0 Å². The van der Waals surface area contributed by atoms with E-state index >= 15 is 0 Å². The van der Waals surface area contributed by atoms with Crippen LogP contribution in [0.1, 0.15) is 70.6 Å². The predicted octanol–water partition coefficient (Wildman–Crippen LogP) is 2.30. The molecule has 1 spiro atoms. The Morgan fingerprint density at radius 3 is 2.58 bits per heavy atom. The molecule has 2 aliphatic heterocycles. The molecular formula is C30H39NO9. The standard InChI is InChI=1S/C30H39NO9/c1-16(2)26(34)38-20(27(35)40-28(3,4)5)14-22(33)37-19-9-10-30(36)21-13-17-7-8-18(15-32)24-23(17)29(30,25(19)39-24)11-12-31(21)6/h7-9,16,20-21,25,32,36H,10-15H2,1-6H3/t20-,21+,25-,29-,30+/m0/s1. The molecule has 1 aromatic carbocycles. The van der Waals surface area contributed by atoms with E-state index < -0.39 is 59.1 Å². The van der Waals surface area contributed by atoms with Gasteiger partial charge in [0, 0.05) is 23.6 Å². The van der Waals surface area contributed by atoms with Gasteiger partial charge in [0.15, 0.2) is 6.10 Å². The molecule has 2 aliphatic carbocycles. The lowest BCUT2D eigenvalue weighted by Crippen LogP contribution is -2.74. The Kier molecular flexibility index (Phi) is 7.04. The lowest BCUT2D eigenvalue weighted by atomic mass is 9.50. The van der Waals surface area contributed by atoms with E-state index in [1.165, 1.54) is 0 Å². The van der Waals surface area contributed by atoms with Crippen LogP contribution in [0.15, 0.2) is 24.0 Å². The Hall–Kier alpha value is -2.95. The predicted molar refractivity (Wildman–Crippen MR) is 142 cm³/mol. The number of hydrogen-bond donors (Lipinski definition) is 2. The summed E-state index contributed by atoms with van der Waals surface area (Å²) >= 11 is 0. The van der Waals surface area contributed by atoms with Crippen LogP contribution in [0.25, 0.3) is 0 Å². The molecule has 40 heavy (non-hydrogen) atoms. The van der Waals surface area contributed by atoms with E-state index in [1.807, 2.05) is 19.2 Å². The van der Waals surface area contributed by atoms with Gasteiger partial charge < -0.3 is 34.1 Å². The number of piperidine rings is 1. The van der Waals surface area contributed by atoms with Gasteiger partial charge in [-0.15, -0.1) is 0 Å². The van der Waals surface area contributed by atoms with Gasteiger partial charge in [0.25, 0.3) is 0 Å². The van der Waals surface area contributed by atoms with Crippen molar-refractivity contribution < 1.29 is 43.5 Å². The number of benzene rings is 1. The minimum Gasteiger partial charge on any atom is -0.481 e. The largest absolute Gasteiger partial charge is 0.481 e. The maximum atomic E-state index is 13.3. The third-order valence-electron chi connectivity index (χ3n) is 8.61. The van der Waals surface area contributed by atoms with Gasteiger partial charge in [0.2, 0.25) is 6.10 Å². The van der Waals surface area contributed by atoms with Gasteiger partial charge in [0.05, 0.1) is 30.0 Å². The van der Waals surface area contributed by atoms with Crippen LogP contribution >= 0.6 is 0 Å². The van der Waals surface area contributed by atoms with Crippen LogP contribution in [0.5, 0.6) is 5.75 Å². The van der Waals surface area contributed by atoms with Crippen molar-refractivity contribution in [3.63, 3.8) is 0 Å². The van der Waals surface area contributed by atoms with E-state index in [9.17, 15) is 24.6 Å². The zero-order valence-corrected chi connectivity index (χ0v) is 24.0. The zero-order valence-electron chi connectivity index (χ0n) is 24.0. The fourth-order valence-corrected chi connectivity index (χ4v) is 6.77. The quantitative estimate of drug-likeness (QED) is 0.380. The molecule has 218 valence electrons. The first-order valence-corrected chi connectivity index (χ1v) is 13.9. The normalized spacial score (nSPS) is 29.2. The molecule has 1 fully saturated rings. The molecule has 0 amide bonds. The Morgan fingerprint density at radius 1 is 1.20 bits per heavy atom. The third-order valence-corrected chi connectivity index (χ3v) is 8.61. The van der Waals surface area contributed by atoms with Crippen molar-refractivity contribution >= 4 is 17.9 Å². The van der Waals surface area contributed by atoms with Crippen molar-refractivity contribution in [3.8, 4) is 5.75 Å². The maximum Gasteiger partial charge on any atom is 0.348 e. The number of nitrogens with zero attached hydrogens (tertiary/aromatic N) is 1. The van der Waals surface area contributed by atoms with Crippen LogP contribution in [0.4, 0.5) is 0 Å². The molecular weight excluding hydrogens is 518 g/mol. The first-order chi connectivity index (χ1) is 18.7. The molecule has 5 rings (SSSR count). The second kappa shape index (κ2) is 9.85. The molecule has 0 radical (unpaired) electrons. The average Bonchev–Trinajstić information content (AvgIpc) is 3.22. The molecule has 0 unspecified atom stereocenters. The fourth-order valence-electron chi connectivity index (χ4n) is 6.77. The highest BCUT2D eigenvalue weighted by Crippen LogP contribution is 2.64. The van der Waals surface area contributed by atoms with Crippen LogP contribution in [0.3, 0.4) is 0 Å². The van der Waals surface area contributed by atoms with Crippen molar-refractivity contribution in [2.45, 2.75) is 102 Å². The molecule has 2 N–H and O–H groups in total. The molecule has 2 heterocycles. The first-order valence-electron chi connectivity index (χ1n) is 13.9. The van der Waals surface area contributed by atoms with Crippen LogP contribution < -0.4 is 4.74 Å². The summed E-state index contributed by atoms with van der Waals surface area (Å²) in [6.07, 6.45) is 0.317. The number of carbonyl (C=O) groups excluding carboxylic acids is 3. The lowest BCUT2D eigenvalue weighted by molar-refractivity contribution is -0.181. The van der Waals surface area contributed by atoms with E-state index in [4.69, 9.17) is 18.9 Å². The summed E-state index contributed by atoms with van der Waals surface area (Å²) in [5.74, 6) is -2.00. The van der Waals surface area contributed by atoms with Gasteiger partial charge >= 0.3 is 17.9 Å². The summed E-state index contributed by atoms with van der Waals surface area (Å²) in [5, 5.41) is 22.3. The number of aliphatic hydroxyl groups is 2. The van der Waals surface area contributed by atoms with Crippen LogP contribution in [0.2, 0.25) is 0 Å². The summed E-state index contributed by atoms with van der Waals surface area (Å²) in [7, 11) is 2.00. The number of likely N-dealkylation sites (N-methyl/N-ethyl adjacent to an activating group) is 1. The minimum atomic E-state index is -1.47. The Morgan fingerprint density at radius 2 is 1.93 bits per heavy atom. The topological polar surface area (TPSA) is 132 Å². The van der Waals surface area contributed by atoms with Crippen LogP contribution in [0, 0.1) is 5.92 Å². The van der Waals surface area contributed by atoms with Crippen LogP contribution in [-0.2, 0) is 47.0 Å². The number of carbonyl (C=O) groups is 3. The number of rotatable bonds is 7. The first kappa shape index (κ1) is 28.6. The highest BCUT2D eigenvalue weighted by atomic mass is 16.6. The maximum absolute atomic E-state index is 13.3. The molecule has 5 atom stereocenters. The van der Waals surface area contributed by atoms with Gasteiger partial charge in [-0.2, -0.15) is 0 Å². The Balaban J connectivity index is 1.45. The summed E-state index contributed by atoms with van der Waals surface area (Å²) in [6.45, 7) is 8.78. The van der Waals surface area contributed by atoms with E-state index in [0.29, 0.717) is 30.7 Å². The minimum absolute atomic E-state index is 0.161. The van der Waals surface area contributed by atoms with Crippen LogP contribution in [-0.4, -0.2) is 76.1 Å². The monoisotopic (exact) mass is 557 g/mol. The average molecular weight is 558 g/mol. The number of hydrogen-bond acceptors (Lipinski definition) is 10. The van der Waals surface area contributed by atoms with Gasteiger partial charge in [-0.05, 0) is 58.8 Å². The van der Waals surface area contributed by atoms with E-state index in [0.717, 1.165) is 11.1 Å². The summed E-state index contributed by atoms with van der Waals surface area (Å²) in [6, 6.07) is 3.67. The lowest BCUT2D eigenvalue weighted by Gasteiger charge is -2.61. The van der Waals surface area contributed by atoms with Gasteiger partial charge in [0.1, 0.15) is 17.1 Å². The summed E-state index contributed by atoms with van der Waals surface area (Å²) < 4.78 is 23.0. The fraction of sp³-hybridized carbons (Fsp3) is 0.633. The van der Waals surface area contributed by atoms with E-state index in [-0.39, 0.29) is 24.8 Å².